The Morgan fingerprint density at radius 3 is 3.00 bits per heavy atom. The largest absolute Gasteiger partial charge is 0.351 e. The molecular formula is C15H13N3O3S. The van der Waals surface area contributed by atoms with E-state index in [0.717, 1.165) is 9.78 Å². The van der Waals surface area contributed by atoms with Crippen LogP contribution in [-0.4, -0.2) is 35.0 Å². The van der Waals surface area contributed by atoms with E-state index in [1.54, 1.807) is 24.3 Å². The van der Waals surface area contributed by atoms with E-state index in [4.69, 9.17) is 0 Å². The van der Waals surface area contributed by atoms with Crippen LogP contribution in [0.15, 0.2) is 46.8 Å². The van der Waals surface area contributed by atoms with E-state index in [9.17, 15) is 14.4 Å². The maximum absolute atomic E-state index is 12.3. The number of thiophene rings is 1. The van der Waals surface area contributed by atoms with Gasteiger partial charge in [0.05, 0.1) is 18.2 Å². The second-order valence-corrected chi connectivity index (χ2v) is 5.85. The van der Waals surface area contributed by atoms with Crippen LogP contribution in [0.2, 0.25) is 0 Å². The molecule has 1 aliphatic carbocycles. The number of carbonyl (C=O) groups excluding carboxylic acids is 3. The standard InChI is InChI=1S/C15H13N3O3S/c19-13(16-8-10-4-3-7-22-10)9-18-14(20)11-5-1-2-6-12(11)17-15(18)21/h1-7,11H,8-9H2,(H,16,19). The number of rotatable bonds is 4. The maximum Gasteiger partial charge on any atom is 0.351 e. The van der Waals surface area contributed by atoms with Crippen molar-refractivity contribution in [2.75, 3.05) is 6.54 Å². The van der Waals surface area contributed by atoms with Crippen molar-refractivity contribution in [2.45, 2.75) is 6.54 Å². The molecule has 1 aromatic heterocycles. The number of nitrogens with zero attached hydrogens (tertiary/aromatic N) is 2. The van der Waals surface area contributed by atoms with Crippen molar-refractivity contribution in [3.63, 3.8) is 0 Å². The molecule has 2 aliphatic rings. The van der Waals surface area contributed by atoms with Gasteiger partial charge in [-0.05, 0) is 17.5 Å². The second-order valence-electron chi connectivity index (χ2n) is 4.82. The molecule has 0 radical (unpaired) electrons. The van der Waals surface area contributed by atoms with Gasteiger partial charge in [0.15, 0.2) is 0 Å². The van der Waals surface area contributed by atoms with Gasteiger partial charge in [0, 0.05) is 4.88 Å². The Kier molecular flexibility index (Phi) is 3.97. The van der Waals surface area contributed by atoms with E-state index in [1.165, 1.54) is 11.3 Å². The van der Waals surface area contributed by atoms with Gasteiger partial charge in [0.2, 0.25) is 11.8 Å². The number of urea groups is 1. The van der Waals surface area contributed by atoms with Gasteiger partial charge < -0.3 is 5.32 Å². The molecule has 1 N–H and O–H groups in total. The van der Waals surface area contributed by atoms with Crippen LogP contribution >= 0.6 is 11.3 Å². The maximum atomic E-state index is 12.3. The quantitative estimate of drug-likeness (QED) is 0.914. The first-order valence-corrected chi connectivity index (χ1v) is 7.61. The van der Waals surface area contributed by atoms with E-state index < -0.39 is 17.9 Å². The summed E-state index contributed by atoms with van der Waals surface area (Å²) in [6.07, 6.45) is 6.75. The number of allylic oxidation sites excluding steroid dienone is 3. The zero-order valence-electron chi connectivity index (χ0n) is 11.6. The average Bonchev–Trinajstić information content (AvgIpc) is 3.03. The fourth-order valence-corrected chi connectivity index (χ4v) is 2.87. The van der Waals surface area contributed by atoms with Crippen LogP contribution in [0.5, 0.6) is 0 Å². The van der Waals surface area contributed by atoms with Crippen LogP contribution in [0, 0.1) is 5.92 Å². The molecule has 6 nitrogen and oxygen atoms in total. The van der Waals surface area contributed by atoms with Gasteiger partial charge in [-0.1, -0.05) is 24.3 Å². The normalized spacial score (nSPS) is 19.9. The number of amides is 4. The zero-order chi connectivity index (χ0) is 15.5. The Bertz CT molecular complexity index is 704. The molecule has 3 rings (SSSR count). The number of fused-ring (bicyclic) bond motifs is 1. The molecule has 1 unspecified atom stereocenters. The van der Waals surface area contributed by atoms with Crippen LogP contribution in [0.1, 0.15) is 4.88 Å². The fraction of sp³-hybridized carbons (Fsp3) is 0.200. The Morgan fingerprint density at radius 2 is 2.23 bits per heavy atom. The Morgan fingerprint density at radius 1 is 1.36 bits per heavy atom. The van der Waals surface area contributed by atoms with E-state index in [-0.39, 0.29) is 12.5 Å². The fourth-order valence-electron chi connectivity index (χ4n) is 2.22. The lowest BCUT2D eigenvalue weighted by Crippen LogP contribution is -2.49. The first kappa shape index (κ1) is 14.4. The third kappa shape index (κ3) is 2.89. The van der Waals surface area contributed by atoms with Crippen molar-refractivity contribution in [1.29, 1.82) is 0 Å². The van der Waals surface area contributed by atoms with E-state index in [1.807, 2.05) is 17.5 Å². The number of aliphatic imine (C=N–C) groups is 1. The molecule has 4 amide bonds. The smallest absolute Gasteiger partial charge is 0.350 e. The Balaban J connectivity index is 1.64. The highest BCUT2D eigenvalue weighted by Crippen LogP contribution is 2.19. The summed E-state index contributed by atoms with van der Waals surface area (Å²) in [5.41, 5.74) is 0.424. The molecule has 1 aliphatic heterocycles. The van der Waals surface area contributed by atoms with Gasteiger partial charge >= 0.3 is 6.03 Å². The first-order chi connectivity index (χ1) is 10.6. The molecule has 0 fully saturated rings. The molecule has 0 saturated carbocycles. The lowest BCUT2D eigenvalue weighted by molar-refractivity contribution is -0.134. The average molecular weight is 315 g/mol. The van der Waals surface area contributed by atoms with Crippen molar-refractivity contribution in [3.05, 3.63) is 46.7 Å². The monoisotopic (exact) mass is 315 g/mol. The van der Waals surface area contributed by atoms with Crippen molar-refractivity contribution in [3.8, 4) is 0 Å². The van der Waals surface area contributed by atoms with Crippen molar-refractivity contribution < 1.29 is 14.4 Å². The first-order valence-electron chi connectivity index (χ1n) is 6.73. The summed E-state index contributed by atoms with van der Waals surface area (Å²) in [6.45, 7) is 0.0706. The van der Waals surface area contributed by atoms with Crippen LogP contribution in [0.3, 0.4) is 0 Å². The number of carbonyl (C=O) groups is 3. The van der Waals surface area contributed by atoms with Gasteiger partial charge in [-0.2, -0.15) is 4.99 Å². The molecule has 22 heavy (non-hydrogen) atoms. The van der Waals surface area contributed by atoms with Crippen molar-refractivity contribution in [2.24, 2.45) is 10.9 Å². The van der Waals surface area contributed by atoms with Crippen molar-refractivity contribution >= 4 is 34.9 Å². The van der Waals surface area contributed by atoms with Gasteiger partial charge in [0.1, 0.15) is 6.54 Å². The van der Waals surface area contributed by atoms with Gasteiger partial charge in [0.25, 0.3) is 0 Å². The minimum Gasteiger partial charge on any atom is -0.350 e. The molecular weight excluding hydrogens is 302 g/mol. The topological polar surface area (TPSA) is 78.8 Å². The summed E-state index contributed by atoms with van der Waals surface area (Å²) in [5.74, 6) is -1.38. The lowest BCUT2D eigenvalue weighted by atomic mass is 9.95. The number of hydrogen-bond acceptors (Lipinski definition) is 4. The Labute approximate surface area is 130 Å². The predicted molar refractivity (Wildman–Crippen MR) is 82.5 cm³/mol. The minimum absolute atomic E-state index is 0.312. The second kappa shape index (κ2) is 6.07. The zero-order valence-corrected chi connectivity index (χ0v) is 12.4. The molecule has 0 aromatic carbocycles. The summed E-state index contributed by atoms with van der Waals surface area (Å²) >= 11 is 1.53. The van der Waals surface area contributed by atoms with E-state index in [2.05, 4.69) is 10.3 Å². The number of nitrogens with one attached hydrogen (secondary N) is 1. The third-order valence-electron chi connectivity index (χ3n) is 3.33. The summed E-state index contributed by atoms with van der Waals surface area (Å²) < 4.78 is 0. The highest BCUT2D eigenvalue weighted by molar-refractivity contribution is 7.09. The SMILES string of the molecule is O=C(CN1C(=O)N=C2C=CC=CC2C1=O)NCc1cccs1. The van der Waals surface area contributed by atoms with Gasteiger partial charge in [-0.3, -0.25) is 14.5 Å². The molecule has 112 valence electrons. The van der Waals surface area contributed by atoms with E-state index >= 15 is 0 Å². The molecule has 7 heteroatoms. The van der Waals surface area contributed by atoms with E-state index in [0.29, 0.717) is 12.3 Å². The summed E-state index contributed by atoms with van der Waals surface area (Å²) in [4.78, 5) is 41.9. The molecule has 0 bridgehead atoms. The van der Waals surface area contributed by atoms with Crippen LogP contribution < -0.4 is 5.32 Å². The summed E-state index contributed by atoms with van der Waals surface area (Å²) in [6, 6.07) is 3.10. The highest BCUT2D eigenvalue weighted by atomic mass is 32.1. The summed E-state index contributed by atoms with van der Waals surface area (Å²) in [5, 5.41) is 4.61. The van der Waals surface area contributed by atoms with Crippen LogP contribution in [0.4, 0.5) is 4.79 Å². The lowest BCUT2D eigenvalue weighted by Gasteiger charge is -2.27. The van der Waals surface area contributed by atoms with Gasteiger partial charge in [-0.25, -0.2) is 4.79 Å². The van der Waals surface area contributed by atoms with Crippen molar-refractivity contribution in [1.82, 2.24) is 10.2 Å². The molecule has 1 atom stereocenters. The van der Waals surface area contributed by atoms with Gasteiger partial charge in [-0.15, -0.1) is 11.3 Å². The number of hydrogen-bond donors (Lipinski definition) is 1. The van der Waals surface area contributed by atoms with Crippen LogP contribution in [-0.2, 0) is 16.1 Å². The third-order valence-corrected chi connectivity index (χ3v) is 4.21. The molecule has 1 aromatic rings. The highest BCUT2D eigenvalue weighted by Gasteiger charge is 2.36. The Hall–Kier alpha value is -2.54. The van der Waals surface area contributed by atoms with Crippen LogP contribution in [0.25, 0.3) is 0 Å². The number of imide groups is 1. The molecule has 2 heterocycles. The molecule has 0 spiro atoms. The molecule has 0 saturated heterocycles. The predicted octanol–water partition coefficient (Wildman–Crippen LogP) is 1.51. The minimum atomic E-state index is -0.692. The summed E-state index contributed by atoms with van der Waals surface area (Å²) in [7, 11) is 0.